The number of rotatable bonds is 3. The van der Waals surface area contributed by atoms with Crippen molar-refractivity contribution >= 4 is 12.4 Å². The first-order valence-electron chi connectivity index (χ1n) is 5.61. The highest BCUT2D eigenvalue weighted by atomic mass is 19.1. The summed E-state index contributed by atoms with van der Waals surface area (Å²) in [5.41, 5.74) is 1.71. The summed E-state index contributed by atoms with van der Waals surface area (Å²) >= 11 is 0. The van der Waals surface area contributed by atoms with Crippen LogP contribution in [0.1, 0.15) is 18.4 Å². The highest BCUT2D eigenvalue weighted by Gasteiger charge is 2.02. The molecule has 2 rings (SSSR count). The second-order valence-electron chi connectivity index (χ2n) is 3.90. The van der Waals surface area contributed by atoms with Gasteiger partial charge in [0.25, 0.3) is 0 Å². The molecule has 1 aliphatic rings. The molecule has 0 unspecified atom stereocenters. The Labute approximate surface area is 104 Å². The van der Waals surface area contributed by atoms with E-state index in [9.17, 15) is 8.78 Å². The zero-order chi connectivity index (χ0) is 12.8. The highest BCUT2D eigenvalue weighted by Crippen LogP contribution is 2.17. The van der Waals surface area contributed by atoms with Crippen molar-refractivity contribution in [3.63, 3.8) is 0 Å². The zero-order valence-electron chi connectivity index (χ0n) is 9.68. The number of benzene rings is 1. The van der Waals surface area contributed by atoms with Crippen LogP contribution in [0.15, 0.2) is 58.0 Å². The lowest BCUT2D eigenvalue weighted by Gasteiger charge is -2.03. The molecular weight excluding hydrogens is 234 g/mol. The average molecular weight is 246 g/mol. The molecule has 0 amide bonds. The summed E-state index contributed by atoms with van der Waals surface area (Å²) in [5, 5.41) is 7.72. The maximum absolute atomic E-state index is 12.7. The van der Waals surface area contributed by atoms with Crippen LogP contribution in [-0.2, 0) is 0 Å². The lowest BCUT2D eigenvalue weighted by molar-refractivity contribution is 0.585. The van der Waals surface area contributed by atoms with Crippen molar-refractivity contribution in [3.05, 3.63) is 59.2 Å². The maximum atomic E-state index is 12.7. The summed E-state index contributed by atoms with van der Waals surface area (Å²) in [6, 6.07) is 5.96. The van der Waals surface area contributed by atoms with E-state index in [2.05, 4.69) is 10.2 Å². The van der Waals surface area contributed by atoms with Gasteiger partial charge in [-0.3, -0.25) is 0 Å². The van der Waals surface area contributed by atoms with Gasteiger partial charge in [-0.15, -0.1) is 0 Å². The molecule has 4 heteroatoms. The van der Waals surface area contributed by atoms with Gasteiger partial charge in [-0.1, -0.05) is 18.2 Å². The molecular formula is C14H12F2N2. The summed E-state index contributed by atoms with van der Waals surface area (Å²) < 4.78 is 25.3. The van der Waals surface area contributed by atoms with Crippen LogP contribution in [0.5, 0.6) is 0 Å². The van der Waals surface area contributed by atoms with Crippen LogP contribution in [-0.4, -0.2) is 12.4 Å². The molecule has 0 fully saturated rings. The molecule has 0 saturated carbocycles. The molecule has 92 valence electrons. The summed E-state index contributed by atoms with van der Waals surface area (Å²) in [5.74, 6) is -0.390. The van der Waals surface area contributed by atoms with E-state index >= 15 is 0 Å². The Bertz CT molecular complexity index is 525. The first kappa shape index (κ1) is 12.4. The van der Waals surface area contributed by atoms with E-state index in [1.165, 1.54) is 24.4 Å². The molecule has 1 aliphatic carbocycles. The van der Waals surface area contributed by atoms with Gasteiger partial charge in [-0.2, -0.15) is 10.2 Å². The molecule has 1 aromatic carbocycles. The highest BCUT2D eigenvalue weighted by molar-refractivity contribution is 5.82. The van der Waals surface area contributed by atoms with Crippen molar-refractivity contribution in [2.45, 2.75) is 12.8 Å². The Morgan fingerprint density at radius 3 is 2.28 bits per heavy atom. The molecule has 2 nitrogen and oxygen atoms in total. The van der Waals surface area contributed by atoms with Crippen molar-refractivity contribution in [2.24, 2.45) is 10.2 Å². The third kappa shape index (κ3) is 3.73. The first-order chi connectivity index (χ1) is 8.74. The zero-order valence-corrected chi connectivity index (χ0v) is 9.68. The van der Waals surface area contributed by atoms with Crippen LogP contribution in [0, 0.1) is 5.82 Å². The normalized spacial score (nSPS) is 16.1. The molecule has 0 saturated heterocycles. The third-order valence-corrected chi connectivity index (χ3v) is 2.50. The third-order valence-electron chi connectivity index (χ3n) is 2.50. The summed E-state index contributed by atoms with van der Waals surface area (Å²) in [6.07, 6.45) is 7.32. The predicted octanol–water partition coefficient (Wildman–Crippen LogP) is 3.80. The largest absolute Gasteiger partial charge is 0.212 e. The van der Waals surface area contributed by atoms with Crippen LogP contribution in [0.25, 0.3) is 0 Å². The molecule has 0 heterocycles. The van der Waals surface area contributed by atoms with E-state index in [1.807, 2.05) is 0 Å². The average Bonchev–Trinajstić information content (AvgIpc) is 2.39. The van der Waals surface area contributed by atoms with Crippen LogP contribution >= 0.6 is 0 Å². The van der Waals surface area contributed by atoms with Crippen LogP contribution in [0.4, 0.5) is 8.78 Å². The van der Waals surface area contributed by atoms with Gasteiger partial charge in [0.15, 0.2) is 0 Å². The van der Waals surface area contributed by atoms with Crippen LogP contribution < -0.4 is 0 Å². The quantitative estimate of drug-likeness (QED) is 0.572. The van der Waals surface area contributed by atoms with E-state index in [1.54, 1.807) is 24.4 Å². The minimum Gasteiger partial charge on any atom is -0.212 e. The van der Waals surface area contributed by atoms with E-state index in [0.29, 0.717) is 12.8 Å². The summed E-state index contributed by atoms with van der Waals surface area (Å²) in [7, 11) is 0. The number of hydrogen-bond donors (Lipinski definition) is 0. The molecule has 0 aromatic heterocycles. The van der Waals surface area contributed by atoms with Crippen LogP contribution in [0.3, 0.4) is 0 Å². The van der Waals surface area contributed by atoms with Crippen molar-refractivity contribution in [1.82, 2.24) is 0 Å². The van der Waals surface area contributed by atoms with E-state index in [0.717, 1.165) is 11.1 Å². The van der Waals surface area contributed by atoms with E-state index < -0.39 is 0 Å². The smallest absolute Gasteiger partial charge is 0.123 e. The molecule has 0 N–H and O–H groups in total. The SMILES string of the molecule is FC1=CC=C(/C=N/N=C/c2ccc(F)cc2)CC1. The fourth-order valence-electron chi connectivity index (χ4n) is 1.49. The monoisotopic (exact) mass is 246 g/mol. The van der Waals surface area contributed by atoms with Gasteiger partial charge in [-0.25, -0.2) is 8.78 Å². The van der Waals surface area contributed by atoms with Gasteiger partial charge in [-0.05, 0) is 35.8 Å². The Morgan fingerprint density at radius 2 is 1.61 bits per heavy atom. The van der Waals surface area contributed by atoms with Crippen LogP contribution in [0.2, 0.25) is 0 Å². The van der Waals surface area contributed by atoms with Gasteiger partial charge < -0.3 is 0 Å². The fourth-order valence-corrected chi connectivity index (χ4v) is 1.49. The van der Waals surface area contributed by atoms with Crippen molar-refractivity contribution in [3.8, 4) is 0 Å². The molecule has 0 radical (unpaired) electrons. The van der Waals surface area contributed by atoms with Crippen molar-refractivity contribution in [1.29, 1.82) is 0 Å². The minimum atomic E-state index is -0.281. The number of hydrogen-bond acceptors (Lipinski definition) is 2. The fraction of sp³-hybridized carbons (Fsp3) is 0.143. The Hall–Kier alpha value is -2.10. The molecule has 0 bridgehead atoms. The van der Waals surface area contributed by atoms with Gasteiger partial charge >= 0.3 is 0 Å². The Morgan fingerprint density at radius 1 is 0.889 bits per heavy atom. The summed E-state index contributed by atoms with van der Waals surface area (Å²) in [6.45, 7) is 0. The molecule has 0 spiro atoms. The minimum absolute atomic E-state index is 0.109. The molecule has 18 heavy (non-hydrogen) atoms. The standard InChI is InChI=1S/C14H12F2N2/c15-13-5-1-11(2-6-13)9-17-18-10-12-3-7-14(16)8-4-12/h1-3,5-7,9-10H,4,8H2/b17-9+,18-10+. The molecule has 0 aliphatic heterocycles. The maximum Gasteiger partial charge on any atom is 0.123 e. The number of allylic oxidation sites excluding steroid dienone is 4. The summed E-state index contributed by atoms with van der Waals surface area (Å²) in [4.78, 5) is 0. The van der Waals surface area contributed by atoms with E-state index in [-0.39, 0.29) is 11.6 Å². The first-order valence-corrected chi connectivity index (χ1v) is 5.61. The second kappa shape index (κ2) is 6.00. The predicted molar refractivity (Wildman–Crippen MR) is 69.0 cm³/mol. The Kier molecular flexibility index (Phi) is 4.12. The number of halogens is 2. The van der Waals surface area contributed by atoms with Gasteiger partial charge in [0.2, 0.25) is 0 Å². The lowest BCUT2D eigenvalue weighted by atomic mass is 10.1. The topological polar surface area (TPSA) is 24.7 Å². The molecule has 0 atom stereocenters. The van der Waals surface area contributed by atoms with Gasteiger partial charge in [0.1, 0.15) is 11.6 Å². The molecule has 1 aromatic rings. The lowest BCUT2D eigenvalue weighted by Crippen LogP contribution is -1.91. The van der Waals surface area contributed by atoms with Gasteiger partial charge in [0, 0.05) is 6.42 Å². The van der Waals surface area contributed by atoms with Gasteiger partial charge in [0.05, 0.1) is 12.4 Å². The Balaban J connectivity index is 1.93. The van der Waals surface area contributed by atoms with Crippen molar-refractivity contribution < 1.29 is 8.78 Å². The second-order valence-corrected chi connectivity index (χ2v) is 3.90. The van der Waals surface area contributed by atoms with E-state index in [4.69, 9.17) is 0 Å². The number of nitrogens with zero attached hydrogens (tertiary/aromatic N) is 2. The van der Waals surface area contributed by atoms with Crippen molar-refractivity contribution in [2.75, 3.05) is 0 Å².